The lowest BCUT2D eigenvalue weighted by Crippen LogP contribution is -2.41. The number of fused-ring (bicyclic) bond motifs is 3. The molecule has 4 nitrogen and oxygen atoms in total. The van der Waals surface area contributed by atoms with Crippen molar-refractivity contribution in [1.29, 1.82) is 0 Å². The third kappa shape index (κ3) is 2.52. The molecule has 0 aromatic heterocycles. The summed E-state index contributed by atoms with van der Waals surface area (Å²) in [5.41, 5.74) is 2.91. The zero-order valence-electron chi connectivity index (χ0n) is 14.0. The molecular weight excluding hydrogens is 300 g/mol. The van der Waals surface area contributed by atoms with Crippen molar-refractivity contribution in [3.8, 4) is 11.5 Å². The molecule has 0 bridgehead atoms. The molecule has 0 aliphatic carbocycles. The number of rotatable bonds is 3. The third-order valence-electron chi connectivity index (χ3n) is 4.67. The molecule has 124 valence electrons. The molecule has 1 N–H and O–H groups in total. The van der Waals surface area contributed by atoms with Gasteiger partial charge in [-0.1, -0.05) is 44.2 Å². The van der Waals surface area contributed by atoms with Gasteiger partial charge in [0.2, 0.25) is 0 Å². The molecule has 0 unspecified atom stereocenters. The fourth-order valence-corrected chi connectivity index (χ4v) is 3.55. The minimum absolute atomic E-state index is 0.0618. The van der Waals surface area contributed by atoms with Crippen LogP contribution in [0.5, 0.6) is 11.5 Å². The van der Waals surface area contributed by atoms with E-state index in [4.69, 9.17) is 9.84 Å². The fraction of sp³-hybridized carbons (Fsp3) is 0.350. The number of benzene rings is 2. The number of hydrogen-bond donors (Lipinski definition) is 1. The maximum atomic E-state index is 10.2. The Labute approximate surface area is 142 Å². The number of ether oxygens (including phenoxy) is 1. The van der Waals surface area contributed by atoms with E-state index in [1.807, 2.05) is 36.4 Å². The van der Waals surface area contributed by atoms with Crippen LogP contribution in [0.1, 0.15) is 43.9 Å². The van der Waals surface area contributed by atoms with E-state index < -0.39 is 0 Å². The van der Waals surface area contributed by atoms with Crippen molar-refractivity contribution in [3.63, 3.8) is 0 Å². The van der Waals surface area contributed by atoms with E-state index >= 15 is 0 Å². The van der Waals surface area contributed by atoms with E-state index in [2.05, 4.69) is 24.9 Å². The smallest absolute Gasteiger partial charge is 0.188 e. The highest BCUT2D eigenvalue weighted by molar-refractivity contribution is 6.04. The Hall–Kier alpha value is -2.49. The van der Waals surface area contributed by atoms with Crippen molar-refractivity contribution in [2.24, 2.45) is 11.0 Å². The highest BCUT2D eigenvalue weighted by Gasteiger charge is 2.40. The molecule has 0 spiro atoms. The summed E-state index contributed by atoms with van der Waals surface area (Å²) in [6.45, 7) is 4.39. The van der Waals surface area contributed by atoms with Crippen LogP contribution in [0.2, 0.25) is 0 Å². The van der Waals surface area contributed by atoms with Gasteiger partial charge in [-0.15, -0.1) is 0 Å². The van der Waals surface area contributed by atoms with E-state index in [0.717, 1.165) is 29.9 Å². The quantitative estimate of drug-likeness (QED) is 0.916. The molecule has 4 rings (SSSR count). The van der Waals surface area contributed by atoms with Gasteiger partial charge in [0, 0.05) is 24.0 Å². The van der Waals surface area contributed by atoms with Gasteiger partial charge in [-0.05, 0) is 24.1 Å². The van der Waals surface area contributed by atoms with Crippen LogP contribution in [0.3, 0.4) is 0 Å². The van der Waals surface area contributed by atoms with Crippen molar-refractivity contribution in [1.82, 2.24) is 5.01 Å². The first-order valence-corrected chi connectivity index (χ1v) is 8.53. The molecule has 2 aliphatic rings. The standard InChI is InChI=1S/C20H22N2O2/c1-13(2)11-20-22-17(15-8-4-6-10-19(15)24-20)12-16(21-22)14-7-3-5-9-18(14)23/h3-10,13,17,20,23H,11-12H2,1-2H3/t17-,20+/m0/s1. The van der Waals surface area contributed by atoms with Gasteiger partial charge in [-0.25, -0.2) is 0 Å². The number of phenolic OH excluding ortho intramolecular Hbond substituents is 1. The normalized spacial score (nSPS) is 22.0. The summed E-state index contributed by atoms with van der Waals surface area (Å²) < 4.78 is 6.23. The molecule has 0 fully saturated rings. The molecular formula is C20H22N2O2. The van der Waals surface area contributed by atoms with Crippen LogP contribution in [-0.2, 0) is 0 Å². The molecule has 2 aromatic carbocycles. The molecule has 2 aliphatic heterocycles. The Kier molecular flexibility index (Phi) is 3.68. The number of nitrogens with zero attached hydrogens (tertiary/aromatic N) is 2. The fourth-order valence-electron chi connectivity index (χ4n) is 3.55. The number of hydrogen-bond acceptors (Lipinski definition) is 4. The monoisotopic (exact) mass is 322 g/mol. The van der Waals surface area contributed by atoms with Crippen LogP contribution >= 0.6 is 0 Å². The average molecular weight is 322 g/mol. The second kappa shape index (κ2) is 5.86. The summed E-state index contributed by atoms with van der Waals surface area (Å²) in [5.74, 6) is 1.76. The maximum Gasteiger partial charge on any atom is 0.188 e. The molecule has 2 aromatic rings. The Balaban J connectivity index is 1.74. The second-order valence-electron chi connectivity index (χ2n) is 6.90. The van der Waals surface area contributed by atoms with Gasteiger partial charge >= 0.3 is 0 Å². The van der Waals surface area contributed by atoms with Crippen molar-refractivity contribution in [2.45, 2.75) is 39.0 Å². The molecule has 2 atom stereocenters. The van der Waals surface area contributed by atoms with E-state index in [0.29, 0.717) is 5.92 Å². The lowest BCUT2D eigenvalue weighted by Gasteiger charge is -2.38. The lowest BCUT2D eigenvalue weighted by molar-refractivity contribution is -0.0291. The summed E-state index contributed by atoms with van der Waals surface area (Å²) in [7, 11) is 0. The average Bonchev–Trinajstić information content (AvgIpc) is 3.00. The number of aromatic hydroxyl groups is 1. The van der Waals surface area contributed by atoms with Crippen LogP contribution in [-0.4, -0.2) is 22.1 Å². The zero-order chi connectivity index (χ0) is 16.7. The molecule has 0 radical (unpaired) electrons. The Morgan fingerprint density at radius 3 is 2.71 bits per heavy atom. The maximum absolute atomic E-state index is 10.2. The van der Waals surface area contributed by atoms with Crippen molar-refractivity contribution >= 4 is 5.71 Å². The largest absolute Gasteiger partial charge is 0.507 e. The van der Waals surface area contributed by atoms with Crippen LogP contribution < -0.4 is 4.74 Å². The van der Waals surface area contributed by atoms with Gasteiger partial charge in [0.25, 0.3) is 0 Å². The van der Waals surface area contributed by atoms with E-state index in [-0.39, 0.29) is 18.0 Å². The summed E-state index contributed by atoms with van der Waals surface area (Å²) in [6.07, 6.45) is 1.64. The Bertz CT molecular complexity index is 785. The van der Waals surface area contributed by atoms with Gasteiger partial charge in [0.1, 0.15) is 11.5 Å². The van der Waals surface area contributed by atoms with E-state index in [9.17, 15) is 5.11 Å². The van der Waals surface area contributed by atoms with Crippen LogP contribution in [0.15, 0.2) is 53.6 Å². The summed E-state index contributed by atoms with van der Waals surface area (Å²) in [4.78, 5) is 0. The first kappa shape index (κ1) is 15.1. The molecule has 0 saturated heterocycles. The number of hydrazone groups is 1. The first-order chi connectivity index (χ1) is 11.6. The van der Waals surface area contributed by atoms with E-state index in [1.54, 1.807) is 6.07 Å². The molecule has 24 heavy (non-hydrogen) atoms. The topological polar surface area (TPSA) is 45.1 Å². The molecule has 4 heteroatoms. The summed E-state index contributed by atoms with van der Waals surface area (Å²) in [6, 6.07) is 15.8. The molecule has 0 amide bonds. The second-order valence-corrected chi connectivity index (χ2v) is 6.90. The first-order valence-electron chi connectivity index (χ1n) is 8.53. The Morgan fingerprint density at radius 2 is 1.92 bits per heavy atom. The highest BCUT2D eigenvalue weighted by atomic mass is 16.5. The van der Waals surface area contributed by atoms with Crippen molar-refractivity contribution in [3.05, 3.63) is 59.7 Å². The molecule has 2 heterocycles. The number of phenols is 1. The van der Waals surface area contributed by atoms with Gasteiger partial charge < -0.3 is 9.84 Å². The highest BCUT2D eigenvalue weighted by Crippen LogP contribution is 2.44. The minimum Gasteiger partial charge on any atom is -0.507 e. The SMILES string of the molecule is CC(C)C[C@H]1Oc2ccccc2[C@@H]2CC(c3ccccc3O)=NN12. The zero-order valence-corrected chi connectivity index (χ0v) is 14.0. The van der Waals surface area contributed by atoms with Gasteiger partial charge in [0.15, 0.2) is 6.23 Å². The van der Waals surface area contributed by atoms with Gasteiger partial charge in [-0.2, -0.15) is 5.10 Å². The van der Waals surface area contributed by atoms with Crippen LogP contribution in [0.4, 0.5) is 0 Å². The minimum atomic E-state index is -0.0618. The third-order valence-corrected chi connectivity index (χ3v) is 4.67. The van der Waals surface area contributed by atoms with Gasteiger partial charge in [0.05, 0.1) is 11.8 Å². The lowest BCUT2D eigenvalue weighted by atomic mass is 9.95. The predicted octanol–water partition coefficient (Wildman–Crippen LogP) is 4.31. The van der Waals surface area contributed by atoms with Crippen LogP contribution in [0.25, 0.3) is 0 Å². The van der Waals surface area contributed by atoms with Crippen molar-refractivity contribution < 1.29 is 9.84 Å². The van der Waals surface area contributed by atoms with E-state index in [1.165, 1.54) is 5.56 Å². The van der Waals surface area contributed by atoms with Crippen LogP contribution in [0, 0.1) is 5.92 Å². The summed E-state index contributed by atoms with van der Waals surface area (Å²) >= 11 is 0. The van der Waals surface area contributed by atoms with Gasteiger partial charge in [-0.3, -0.25) is 5.01 Å². The summed E-state index contributed by atoms with van der Waals surface area (Å²) in [5, 5.41) is 17.1. The van der Waals surface area contributed by atoms with Crippen molar-refractivity contribution in [2.75, 3.05) is 0 Å². The predicted molar refractivity (Wildman–Crippen MR) is 94.2 cm³/mol. The molecule has 0 saturated carbocycles. The Morgan fingerprint density at radius 1 is 1.17 bits per heavy atom. The number of para-hydroxylation sites is 2.